The fraction of sp³-hybridized carbons (Fsp3) is 0.519. The van der Waals surface area contributed by atoms with Crippen molar-refractivity contribution in [3.05, 3.63) is 59.7 Å². The van der Waals surface area contributed by atoms with Crippen molar-refractivity contribution in [2.24, 2.45) is 5.41 Å². The second-order valence-electron chi connectivity index (χ2n) is 9.71. The maximum Gasteiger partial charge on any atom is 0.216 e. The maximum absolute atomic E-state index is 11.7. The number of benzene rings is 2. The van der Waals surface area contributed by atoms with E-state index in [4.69, 9.17) is 9.47 Å². The van der Waals surface area contributed by atoms with E-state index in [0.717, 1.165) is 44.0 Å². The van der Waals surface area contributed by atoms with E-state index in [0.29, 0.717) is 6.54 Å². The average molecular weight is 437 g/mol. The van der Waals surface area contributed by atoms with Crippen molar-refractivity contribution in [1.29, 1.82) is 0 Å². The lowest BCUT2D eigenvalue weighted by molar-refractivity contribution is -0.119. The van der Waals surface area contributed by atoms with Crippen molar-refractivity contribution in [2.75, 3.05) is 26.7 Å². The van der Waals surface area contributed by atoms with Gasteiger partial charge < -0.3 is 14.8 Å². The third kappa shape index (κ3) is 5.26. The molecule has 1 saturated carbocycles. The number of methoxy groups -OCH3 is 1. The molecule has 172 valence electrons. The Bertz CT molecular complexity index is 910. The molecule has 32 heavy (non-hydrogen) atoms. The molecule has 2 aromatic rings. The lowest BCUT2D eigenvalue weighted by Crippen LogP contribution is -2.39. The first-order chi connectivity index (χ1) is 15.5. The molecule has 2 fully saturated rings. The molecule has 0 radical (unpaired) electrons. The molecule has 5 nitrogen and oxygen atoms in total. The van der Waals surface area contributed by atoms with Gasteiger partial charge in [0, 0.05) is 44.4 Å². The van der Waals surface area contributed by atoms with Gasteiger partial charge in [0.1, 0.15) is 0 Å². The zero-order valence-electron chi connectivity index (χ0n) is 19.6. The van der Waals surface area contributed by atoms with Crippen molar-refractivity contribution in [3.8, 4) is 11.5 Å². The van der Waals surface area contributed by atoms with E-state index in [1.807, 2.05) is 6.07 Å². The smallest absolute Gasteiger partial charge is 0.216 e. The van der Waals surface area contributed by atoms with Crippen molar-refractivity contribution < 1.29 is 14.3 Å². The molecule has 0 unspecified atom stereocenters. The number of rotatable bonds is 8. The highest BCUT2D eigenvalue weighted by Gasteiger charge is 2.44. The van der Waals surface area contributed by atoms with Crippen molar-refractivity contribution in [1.82, 2.24) is 10.2 Å². The van der Waals surface area contributed by atoms with Gasteiger partial charge in [-0.2, -0.15) is 0 Å². The van der Waals surface area contributed by atoms with Crippen LogP contribution in [0.4, 0.5) is 0 Å². The van der Waals surface area contributed by atoms with Gasteiger partial charge in [0.05, 0.1) is 13.2 Å². The van der Waals surface area contributed by atoms with E-state index in [1.165, 1.54) is 24.0 Å². The monoisotopic (exact) mass is 436 g/mol. The lowest BCUT2D eigenvalue weighted by atomic mass is 9.76. The molecule has 2 aromatic carbocycles. The van der Waals surface area contributed by atoms with Gasteiger partial charge in [-0.05, 0) is 48.9 Å². The van der Waals surface area contributed by atoms with E-state index in [1.54, 1.807) is 14.0 Å². The summed E-state index contributed by atoms with van der Waals surface area (Å²) >= 11 is 0. The number of hydrogen-bond donors (Lipinski definition) is 1. The minimum atomic E-state index is -0.0698. The standard InChI is InChI=1S/C27H36N2O3/c1-20(30)28-18-27(2)19-29(16-21-9-5-4-6-10-21)17-24(27)22-13-14-25(31-3)26(15-22)32-23-11-7-8-12-23/h4-6,9-10,13-15,23-24H,7-8,11-12,16-19H2,1-3H3,(H,28,30)/t24-,27+/m0/s1. The van der Waals surface area contributed by atoms with Crippen LogP contribution in [-0.4, -0.2) is 43.7 Å². The van der Waals surface area contributed by atoms with Gasteiger partial charge in [0.15, 0.2) is 11.5 Å². The molecular weight excluding hydrogens is 400 g/mol. The fourth-order valence-corrected chi connectivity index (χ4v) is 5.33. The molecule has 2 atom stereocenters. The number of amides is 1. The Morgan fingerprint density at radius 1 is 1.12 bits per heavy atom. The summed E-state index contributed by atoms with van der Waals surface area (Å²) < 4.78 is 12.0. The van der Waals surface area contributed by atoms with Crippen LogP contribution in [0.2, 0.25) is 0 Å². The summed E-state index contributed by atoms with van der Waals surface area (Å²) in [6, 6.07) is 17.0. The van der Waals surface area contributed by atoms with E-state index < -0.39 is 0 Å². The number of ether oxygens (including phenoxy) is 2. The Morgan fingerprint density at radius 3 is 2.56 bits per heavy atom. The molecule has 1 aliphatic carbocycles. The minimum Gasteiger partial charge on any atom is -0.493 e. The topological polar surface area (TPSA) is 50.8 Å². The Balaban J connectivity index is 1.59. The highest BCUT2D eigenvalue weighted by atomic mass is 16.5. The van der Waals surface area contributed by atoms with Gasteiger partial charge >= 0.3 is 0 Å². The van der Waals surface area contributed by atoms with Gasteiger partial charge in [-0.1, -0.05) is 43.3 Å². The average Bonchev–Trinajstić information content (AvgIpc) is 3.41. The van der Waals surface area contributed by atoms with Crippen LogP contribution in [0.3, 0.4) is 0 Å². The van der Waals surface area contributed by atoms with E-state index in [9.17, 15) is 4.79 Å². The molecule has 2 aliphatic rings. The number of likely N-dealkylation sites (tertiary alicyclic amines) is 1. The van der Waals surface area contributed by atoms with Gasteiger partial charge in [-0.25, -0.2) is 0 Å². The molecule has 1 N–H and O–H groups in total. The number of carbonyl (C=O) groups is 1. The van der Waals surface area contributed by atoms with E-state index in [2.05, 4.69) is 59.6 Å². The molecule has 0 bridgehead atoms. The molecule has 4 rings (SSSR count). The number of carbonyl (C=O) groups excluding carboxylic acids is 1. The Hall–Kier alpha value is -2.53. The lowest BCUT2D eigenvalue weighted by Gasteiger charge is -2.31. The summed E-state index contributed by atoms with van der Waals surface area (Å²) in [4.78, 5) is 14.2. The Kier molecular flexibility index (Phi) is 7.04. The SMILES string of the molecule is COc1ccc([C@@H]2CN(Cc3ccccc3)C[C@@]2(C)CNC(C)=O)cc1OC1CCCC1. The molecule has 1 aliphatic heterocycles. The molecule has 0 aromatic heterocycles. The summed E-state index contributed by atoms with van der Waals surface area (Å²) in [6.45, 7) is 7.33. The van der Waals surface area contributed by atoms with Crippen molar-refractivity contribution >= 4 is 5.91 Å². The van der Waals surface area contributed by atoms with Gasteiger partial charge in [0.25, 0.3) is 0 Å². The molecule has 1 amide bonds. The zero-order chi connectivity index (χ0) is 22.6. The third-order valence-corrected chi connectivity index (χ3v) is 7.04. The highest BCUT2D eigenvalue weighted by molar-refractivity contribution is 5.72. The second-order valence-corrected chi connectivity index (χ2v) is 9.71. The summed E-state index contributed by atoms with van der Waals surface area (Å²) in [5, 5.41) is 3.09. The van der Waals surface area contributed by atoms with Crippen LogP contribution in [0.15, 0.2) is 48.5 Å². The number of hydrogen-bond acceptors (Lipinski definition) is 4. The first-order valence-electron chi connectivity index (χ1n) is 11.8. The summed E-state index contributed by atoms with van der Waals surface area (Å²) in [7, 11) is 1.70. The Morgan fingerprint density at radius 2 is 1.88 bits per heavy atom. The van der Waals surface area contributed by atoms with Crippen molar-refractivity contribution in [2.45, 2.75) is 58.1 Å². The number of nitrogens with zero attached hydrogens (tertiary/aromatic N) is 1. The summed E-state index contributed by atoms with van der Waals surface area (Å²) in [5.41, 5.74) is 2.50. The van der Waals surface area contributed by atoms with E-state index in [-0.39, 0.29) is 23.3 Å². The quantitative estimate of drug-likeness (QED) is 0.648. The van der Waals surface area contributed by atoms with Gasteiger partial charge in [-0.15, -0.1) is 0 Å². The van der Waals surface area contributed by atoms with E-state index >= 15 is 0 Å². The predicted octanol–water partition coefficient (Wildman–Crippen LogP) is 4.76. The zero-order valence-corrected chi connectivity index (χ0v) is 19.6. The molecular formula is C27H36N2O3. The molecule has 0 spiro atoms. The fourth-order valence-electron chi connectivity index (χ4n) is 5.33. The van der Waals surface area contributed by atoms with Crippen LogP contribution >= 0.6 is 0 Å². The van der Waals surface area contributed by atoms with Crippen LogP contribution in [0.5, 0.6) is 11.5 Å². The third-order valence-electron chi connectivity index (χ3n) is 7.04. The van der Waals surface area contributed by atoms with Crippen LogP contribution in [-0.2, 0) is 11.3 Å². The second kappa shape index (κ2) is 9.95. The van der Waals surface area contributed by atoms with Gasteiger partial charge in [-0.3, -0.25) is 9.69 Å². The molecule has 1 heterocycles. The van der Waals surface area contributed by atoms with Crippen molar-refractivity contribution in [3.63, 3.8) is 0 Å². The minimum absolute atomic E-state index is 0.0199. The maximum atomic E-state index is 11.7. The van der Waals surface area contributed by atoms with Gasteiger partial charge in [0.2, 0.25) is 5.91 Å². The summed E-state index contributed by atoms with van der Waals surface area (Å²) in [5.74, 6) is 1.95. The van der Waals surface area contributed by atoms with Crippen LogP contribution in [0.1, 0.15) is 56.6 Å². The van der Waals surface area contributed by atoms with Crippen LogP contribution < -0.4 is 14.8 Å². The highest BCUT2D eigenvalue weighted by Crippen LogP contribution is 2.45. The summed E-state index contributed by atoms with van der Waals surface area (Å²) in [6.07, 6.45) is 4.98. The van der Waals surface area contributed by atoms with Crippen LogP contribution in [0.25, 0.3) is 0 Å². The molecule has 5 heteroatoms. The normalized spacial score (nSPS) is 23.9. The number of nitrogens with one attached hydrogen (secondary N) is 1. The predicted molar refractivity (Wildman–Crippen MR) is 127 cm³/mol. The largest absolute Gasteiger partial charge is 0.493 e. The van der Waals surface area contributed by atoms with Crippen LogP contribution in [0, 0.1) is 5.41 Å². The first kappa shape index (κ1) is 22.7. The first-order valence-corrected chi connectivity index (χ1v) is 11.8. The Labute approximate surface area is 192 Å². The molecule has 1 saturated heterocycles.